The number of nitrogen functional groups attached to an aromatic ring is 1. The number of imidazole rings is 1. The quantitative estimate of drug-likeness (QED) is 0.715. The topological polar surface area (TPSA) is 72.5 Å². The average molecular weight is 177 g/mol. The highest BCUT2D eigenvalue weighted by atomic mass is 15.3. The zero-order valence-electron chi connectivity index (χ0n) is 7.36. The Bertz CT molecular complexity index is 400. The van der Waals surface area contributed by atoms with Crippen molar-refractivity contribution in [1.29, 1.82) is 0 Å². The first-order valence-corrected chi connectivity index (χ1v) is 4.13. The third-order valence-corrected chi connectivity index (χ3v) is 1.86. The van der Waals surface area contributed by atoms with Crippen LogP contribution in [0.4, 0.5) is 5.95 Å². The van der Waals surface area contributed by atoms with Crippen molar-refractivity contribution >= 4 is 5.95 Å². The molecule has 2 aromatic rings. The Morgan fingerprint density at radius 2 is 2.38 bits per heavy atom. The van der Waals surface area contributed by atoms with E-state index in [2.05, 4.69) is 15.1 Å². The number of aromatic nitrogens is 4. The van der Waals surface area contributed by atoms with E-state index < -0.39 is 0 Å². The van der Waals surface area contributed by atoms with Crippen molar-refractivity contribution in [3.8, 4) is 11.3 Å². The first kappa shape index (κ1) is 7.85. The minimum Gasteiger partial charge on any atom is -0.369 e. The fraction of sp³-hybridized carbons (Fsp3) is 0.250. The molecule has 0 amide bonds. The van der Waals surface area contributed by atoms with Gasteiger partial charge in [-0.2, -0.15) is 5.10 Å². The van der Waals surface area contributed by atoms with Gasteiger partial charge in [-0.1, -0.05) is 0 Å². The molecule has 0 aliphatic heterocycles. The summed E-state index contributed by atoms with van der Waals surface area (Å²) in [6.07, 6.45) is 5.44. The van der Waals surface area contributed by atoms with Crippen molar-refractivity contribution < 1.29 is 0 Å². The maximum atomic E-state index is 5.46. The normalized spacial score (nSPS) is 10.5. The van der Waals surface area contributed by atoms with Gasteiger partial charge in [0.25, 0.3) is 0 Å². The molecule has 0 fully saturated rings. The summed E-state index contributed by atoms with van der Waals surface area (Å²) >= 11 is 0. The van der Waals surface area contributed by atoms with Crippen LogP contribution in [0.3, 0.4) is 0 Å². The smallest absolute Gasteiger partial charge is 0.197 e. The van der Waals surface area contributed by atoms with Gasteiger partial charge in [0, 0.05) is 18.3 Å². The largest absolute Gasteiger partial charge is 0.369 e. The molecular weight excluding hydrogens is 166 g/mol. The minimum absolute atomic E-state index is 0.430. The standard InChI is InChI=1S/C8H11N5/c1-2-13-5-6(3-11-13)7-4-10-8(9)12-7/h3-5H,2H2,1H3,(H3,9,10,12). The van der Waals surface area contributed by atoms with Gasteiger partial charge in [0.15, 0.2) is 5.95 Å². The van der Waals surface area contributed by atoms with Gasteiger partial charge >= 0.3 is 0 Å². The van der Waals surface area contributed by atoms with E-state index in [9.17, 15) is 0 Å². The van der Waals surface area contributed by atoms with Crippen LogP contribution in [0, 0.1) is 0 Å². The molecule has 3 N–H and O–H groups in total. The van der Waals surface area contributed by atoms with Gasteiger partial charge in [-0.15, -0.1) is 0 Å². The lowest BCUT2D eigenvalue weighted by molar-refractivity contribution is 0.660. The zero-order valence-corrected chi connectivity index (χ0v) is 7.36. The molecule has 0 radical (unpaired) electrons. The SMILES string of the molecule is CCn1cc(-c2cnc(N)[nH]2)cn1. The summed E-state index contributed by atoms with van der Waals surface area (Å²) in [5.41, 5.74) is 7.37. The molecule has 2 aromatic heterocycles. The van der Waals surface area contributed by atoms with E-state index in [1.807, 2.05) is 17.8 Å². The van der Waals surface area contributed by atoms with Crippen molar-refractivity contribution in [3.63, 3.8) is 0 Å². The van der Waals surface area contributed by atoms with Gasteiger partial charge < -0.3 is 10.7 Å². The summed E-state index contributed by atoms with van der Waals surface area (Å²) in [5.74, 6) is 0.430. The Morgan fingerprint density at radius 3 is 2.92 bits per heavy atom. The molecular formula is C8H11N5. The number of hydrogen-bond acceptors (Lipinski definition) is 3. The molecule has 0 bridgehead atoms. The van der Waals surface area contributed by atoms with Crippen LogP contribution < -0.4 is 5.73 Å². The molecule has 13 heavy (non-hydrogen) atoms. The van der Waals surface area contributed by atoms with Crippen LogP contribution in [0.15, 0.2) is 18.6 Å². The molecule has 0 unspecified atom stereocenters. The van der Waals surface area contributed by atoms with Crippen LogP contribution in [0.25, 0.3) is 11.3 Å². The number of rotatable bonds is 2. The predicted octanol–water partition coefficient (Wildman–Crippen LogP) is 0.875. The van der Waals surface area contributed by atoms with Crippen LogP contribution in [0.5, 0.6) is 0 Å². The maximum absolute atomic E-state index is 5.46. The highest BCUT2D eigenvalue weighted by molar-refractivity contribution is 5.57. The molecule has 2 rings (SSSR count). The number of hydrogen-bond donors (Lipinski definition) is 2. The van der Waals surface area contributed by atoms with E-state index >= 15 is 0 Å². The molecule has 5 heteroatoms. The van der Waals surface area contributed by atoms with E-state index in [4.69, 9.17) is 5.73 Å². The number of nitrogens with one attached hydrogen (secondary N) is 1. The summed E-state index contributed by atoms with van der Waals surface area (Å²) in [4.78, 5) is 6.86. The van der Waals surface area contributed by atoms with Crippen LogP contribution in [-0.2, 0) is 6.54 Å². The Balaban J connectivity index is 2.35. The molecule has 0 spiro atoms. The predicted molar refractivity (Wildman–Crippen MR) is 49.9 cm³/mol. The van der Waals surface area contributed by atoms with Gasteiger partial charge in [0.2, 0.25) is 0 Å². The van der Waals surface area contributed by atoms with Crippen molar-refractivity contribution in [2.45, 2.75) is 13.5 Å². The molecule has 0 aliphatic carbocycles. The number of nitrogens with zero attached hydrogens (tertiary/aromatic N) is 3. The molecule has 0 aromatic carbocycles. The van der Waals surface area contributed by atoms with Gasteiger partial charge in [0.05, 0.1) is 18.1 Å². The number of aryl methyl sites for hydroxylation is 1. The third-order valence-electron chi connectivity index (χ3n) is 1.86. The third kappa shape index (κ3) is 1.40. The Morgan fingerprint density at radius 1 is 1.54 bits per heavy atom. The molecule has 68 valence electrons. The van der Waals surface area contributed by atoms with E-state index in [0.29, 0.717) is 5.95 Å². The van der Waals surface area contributed by atoms with Crippen molar-refractivity contribution in [1.82, 2.24) is 19.7 Å². The number of nitrogens with two attached hydrogens (primary N) is 1. The maximum Gasteiger partial charge on any atom is 0.197 e. The van der Waals surface area contributed by atoms with E-state index in [1.165, 1.54) is 0 Å². The highest BCUT2D eigenvalue weighted by Crippen LogP contribution is 2.15. The minimum atomic E-state index is 0.430. The van der Waals surface area contributed by atoms with Crippen LogP contribution in [0.2, 0.25) is 0 Å². The first-order chi connectivity index (χ1) is 6.29. The summed E-state index contributed by atoms with van der Waals surface area (Å²) in [6.45, 7) is 2.90. The van der Waals surface area contributed by atoms with Crippen LogP contribution in [0.1, 0.15) is 6.92 Å². The summed E-state index contributed by atoms with van der Waals surface area (Å²) in [5, 5.41) is 4.15. The monoisotopic (exact) mass is 177 g/mol. The summed E-state index contributed by atoms with van der Waals surface area (Å²) in [6, 6.07) is 0. The Hall–Kier alpha value is -1.78. The van der Waals surface area contributed by atoms with Crippen molar-refractivity contribution in [3.05, 3.63) is 18.6 Å². The summed E-state index contributed by atoms with van der Waals surface area (Å²) < 4.78 is 1.85. The molecule has 0 aliphatic rings. The van der Waals surface area contributed by atoms with Crippen molar-refractivity contribution in [2.75, 3.05) is 5.73 Å². The number of H-pyrrole nitrogens is 1. The fourth-order valence-corrected chi connectivity index (χ4v) is 1.16. The second kappa shape index (κ2) is 2.93. The van der Waals surface area contributed by atoms with Gasteiger partial charge in [0.1, 0.15) is 0 Å². The lowest BCUT2D eigenvalue weighted by atomic mass is 10.3. The molecule has 2 heterocycles. The Kier molecular flexibility index (Phi) is 1.77. The van der Waals surface area contributed by atoms with E-state index in [0.717, 1.165) is 17.8 Å². The van der Waals surface area contributed by atoms with E-state index in [-0.39, 0.29) is 0 Å². The van der Waals surface area contributed by atoms with Crippen molar-refractivity contribution in [2.24, 2.45) is 0 Å². The average Bonchev–Trinajstić information content (AvgIpc) is 2.71. The van der Waals surface area contributed by atoms with Gasteiger partial charge in [-0.25, -0.2) is 4.98 Å². The molecule has 0 saturated carbocycles. The zero-order chi connectivity index (χ0) is 9.26. The first-order valence-electron chi connectivity index (χ1n) is 4.13. The fourth-order valence-electron chi connectivity index (χ4n) is 1.16. The highest BCUT2D eigenvalue weighted by Gasteiger charge is 2.02. The number of anilines is 1. The lowest BCUT2D eigenvalue weighted by Gasteiger charge is -1.90. The van der Waals surface area contributed by atoms with Crippen LogP contribution in [-0.4, -0.2) is 19.7 Å². The second-order valence-corrected chi connectivity index (χ2v) is 2.77. The Labute approximate surface area is 75.6 Å². The van der Waals surface area contributed by atoms with Crippen LogP contribution >= 0.6 is 0 Å². The van der Waals surface area contributed by atoms with Gasteiger partial charge in [-0.3, -0.25) is 4.68 Å². The van der Waals surface area contributed by atoms with Gasteiger partial charge in [-0.05, 0) is 6.92 Å². The molecule has 0 atom stereocenters. The molecule has 0 saturated heterocycles. The second-order valence-electron chi connectivity index (χ2n) is 2.77. The number of aromatic amines is 1. The van der Waals surface area contributed by atoms with E-state index in [1.54, 1.807) is 12.4 Å². The summed E-state index contributed by atoms with van der Waals surface area (Å²) in [7, 11) is 0. The molecule has 5 nitrogen and oxygen atoms in total. The lowest BCUT2D eigenvalue weighted by Crippen LogP contribution is -1.91.